The van der Waals surface area contributed by atoms with Gasteiger partial charge in [0.1, 0.15) is 5.75 Å². The van der Waals surface area contributed by atoms with Crippen LogP contribution in [-0.4, -0.2) is 37.7 Å². The highest BCUT2D eigenvalue weighted by Crippen LogP contribution is 2.36. The Labute approximate surface area is 159 Å². The highest BCUT2D eigenvalue weighted by atomic mass is 16.5. The highest BCUT2D eigenvalue weighted by molar-refractivity contribution is 5.39. The summed E-state index contributed by atoms with van der Waals surface area (Å²) >= 11 is 0. The number of hydrogen-bond donors (Lipinski definition) is 1. The van der Waals surface area contributed by atoms with Crippen molar-refractivity contribution in [1.29, 1.82) is 0 Å². The van der Waals surface area contributed by atoms with Crippen molar-refractivity contribution < 1.29 is 4.74 Å². The summed E-state index contributed by atoms with van der Waals surface area (Å²) in [6, 6.07) is 8.11. The molecule has 26 heavy (non-hydrogen) atoms. The van der Waals surface area contributed by atoms with E-state index in [2.05, 4.69) is 35.5 Å². The van der Waals surface area contributed by atoms with Crippen molar-refractivity contribution >= 4 is 0 Å². The number of nitrogens with zero attached hydrogens (tertiary/aromatic N) is 1. The molecule has 1 saturated heterocycles. The molecule has 1 aliphatic carbocycles. The maximum Gasteiger partial charge on any atom is 0.119 e. The van der Waals surface area contributed by atoms with Gasteiger partial charge >= 0.3 is 0 Å². The molecule has 1 aromatic carbocycles. The quantitative estimate of drug-likeness (QED) is 0.799. The van der Waals surface area contributed by atoms with E-state index in [4.69, 9.17) is 4.74 Å². The van der Waals surface area contributed by atoms with Gasteiger partial charge in [-0.05, 0) is 81.4 Å². The smallest absolute Gasteiger partial charge is 0.119 e. The molecule has 2 aliphatic heterocycles. The Kier molecular flexibility index (Phi) is 6.16. The predicted molar refractivity (Wildman–Crippen MR) is 108 cm³/mol. The molecule has 1 aromatic rings. The number of nitrogens with one attached hydrogen (secondary N) is 1. The van der Waals surface area contributed by atoms with E-state index in [9.17, 15) is 0 Å². The van der Waals surface area contributed by atoms with E-state index in [1.807, 2.05) is 0 Å². The van der Waals surface area contributed by atoms with Crippen LogP contribution >= 0.6 is 0 Å². The van der Waals surface area contributed by atoms with Crippen LogP contribution in [0.5, 0.6) is 5.75 Å². The molecule has 2 heterocycles. The predicted octanol–water partition coefficient (Wildman–Crippen LogP) is 4.71. The van der Waals surface area contributed by atoms with Crippen molar-refractivity contribution in [3.63, 3.8) is 0 Å². The summed E-state index contributed by atoms with van der Waals surface area (Å²) in [7, 11) is 2.25. The second kappa shape index (κ2) is 8.75. The third kappa shape index (κ3) is 4.43. The molecule has 1 unspecified atom stereocenters. The molecule has 0 bridgehead atoms. The maximum absolute atomic E-state index is 6.17. The molecular formula is C23H36N2O. The zero-order valence-electron chi connectivity index (χ0n) is 16.5. The Hall–Kier alpha value is -1.06. The first kappa shape index (κ1) is 18.3. The minimum Gasteiger partial charge on any atom is -0.494 e. The van der Waals surface area contributed by atoms with Gasteiger partial charge < -0.3 is 15.0 Å². The van der Waals surface area contributed by atoms with Gasteiger partial charge in [-0.15, -0.1) is 0 Å². The third-order valence-corrected chi connectivity index (χ3v) is 6.96. The molecule has 1 N–H and O–H groups in total. The summed E-state index contributed by atoms with van der Waals surface area (Å²) in [5, 5.41) is 3.79. The van der Waals surface area contributed by atoms with Crippen LogP contribution in [0.15, 0.2) is 18.2 Å². The lowest BCUT2D eigenvalue weighted by atomic mass is 9.81. The molecular weight excluding hydrogens is 320 g/mol. The topological polar surface area (TPSA) is 24.5 Å². The van der Waals surface area contributed by atoms with E-state index < -0.39 is 0 Å². The lowest BCUT2D eigenvalue weighted by molar-refractivity contribution is 0.233. The number of rotatable bonds is 6. The van der Waals surface area contributed by atoms with Crippen molar-refractivity contribution in [2.75, 3.05) is 26.7 Å². The van der Waals surface area contributed by atoms with Crippen molar-refractivity contribution in [3.8, 4) is 5.75 Å². The van der Waals surface area contributed by atoms with E-state index in [-0.39, 0.29) is 0 Å². The number of benzene rings is 1. The van der Waals surface area contributed by atoms with Crippen molar-refractivity contribution in [3.05, 3.63) is 29.3 Å². The van der Waals surface area contributed by atoms with Crippen LogP contribution in [0.2, 0.25) is 0 Å². The molecule has 0 aromatic heterocycles. The molecule has 144 valence electrons. The minimum atomic E-state index is 0.534. The first-order valence-corrected chi connectivity index (χ1v) is 11.0. The van der Waals surface area contributed by atoms with Crippen LogP contribution in [0.4, 0.5) is 0 Å². The summed E-state index contributed by atoms with van der Waals surface area (Å²) in [5.41, 5.74) is 3.05. The molecule has 0 spiro atoms. The molecule has 0 amide bonds. The van der Waals surface area contributed by atoms with Gasteiger partial charge in [-0.1, -0.05) is 38.2 Å². The van der Waals surface area contributed by atoms with E-state index in [1.165, 1.54) is 69.0 Å². The van der Waals surface area contributed by atoms with Gasteiger partial charge in [0.25, 0.3) is 0 Å². The summed E-state index contributed by atoms with van der Waals surface area (Å²) in [4.78, 5) is 2.49. The Morgan fingerprint density at radius 1 is 1.12 bits per heavy atom. The summed E-state index contributed by atoms with van der Waals surface area (Å²) in [5.74, 6) is 1.98. The fourth-order valence-electron chi connectivity index (χ4n) is 5.33. The second-order valence-corrected chi connectivity index (χ2v) is 8.77. The van der Waals surface area contributed by atoms with E-state index in [0.717, 1.165) is 37.7 Å². The maximum atomic E-state index is 6.17. The zero-order chi connectivity index (χ0) is 17.8. The van der Waals surface area contributed by atoms with E-state index >= 15 is 0 Å². The third-order valence-electron chi connectivity index (χ3n) is 6.96. The van der Waals surface area contributed by atoms with Crippen molar-refractivity contribution in [1.82, 2.24) is 10.2 Å². The number of fused-ring (bicyclic) bond motifs is 1. The standard InChI is InChI=1S/C23H36N2O/c1-25-14-5-8-20(25)12-15-26-21-10-9-19-11-13-24-23(22(19)17-21)16-18-6-3-2-4-7-18/h9-10,17-18,20,23-24H,2-8,11-16H2,1H3/t20-,23?/m0/s1. The summed E-state index contributed by atoms with van der Waals surface area (Å²) in [6.45, 7) is 3.21. The van der Waals surface area contributed by atoms with Crippen LogP contribution < -0.4 is 10.1 Å². The number of likely N-dealkylation sites (tertiary alicyclic amines) is 1. The first-order chi connectivity index (χ1) is 12.8. The molecule has 2 atom stereocenters. The molecule has 1 saturated carbocycles. The first-order valence-electron chi connectivity index (χ1n) is 11.0. The van der Waals surface area contributed by atoms with Gasteiger partial charge in [0.2, 0.25) is 0 Å². The minimum absolute atomic E-state index is 0.534. The molecule has 3 aliphatic rings. The summed E-state index contributed by atoms with van der Waals surface area (Å²) < 4.78 is 6.17. The lowest BCUT2D eigenvalue weighted by Gasteiger charge is -2.32. The van der Waals surface area contributed by atoms with Crippen LogP contribution in [0, 0.1) is 5.92 Å². The van der Waals surface area contributed by atoms with E-state index in [0.29, 0.717) is 12.1 Å². The van der Waals surface area contributed by atoms with Crippen molar-refractivity contribution in [2.45, 2.75) is 76.3 Å². The van der Waals surface area contributed by atoms with Crippen molar-refractivity contribution in [2.24, 2.45) is 5.92 Å². The molecule has 3 nitrogen and oxygen atoms in total. The SMILES string of the molecule is CN1CCC[C@H]1CCOc1ccc2c(c1)C(CC1CCCCC1)NCC2. The Morgan fingerprint density at radius 3 is 2.81 bits per heavy atom. The van der Waals surface area contributed by atoms with Crippen LogP contribution in [0.3, 0.4) is 0 Å². The Morgan fingerprint density at radius 2 is 2.00 bits per heavy atom. The Bertz CT molecular complexity index is 582. The lowest BCUT2D eigenvalue weighted by Crippen LogP contribution is -2.31. The fraction of sp³-hybridized carbons (Fsp3) is 0.739. The van der Waals surface area contributed by atoms with Gasteiger partial charge in [0.05, 0.1) is 6.61 Å². The fourth-order valence-corrected chi connectivity index (χ4v) is 5.33. The van der Waals surface area contributed by atoms with Gasteiger partial charge in [-0.3, -0.25) is 0 Å². The van der Waals surface area contributed by atoms with Gasteiger partial charge in [-0.2, -0.15) is 0 Å². The summed E-state index contributed by atoms with van der Waals surface area (Å²) in [6.07, 6.45) is 13.5. The van der Waals surface area contributed by atoms with Crippen LogP contribution in [0.1, 0.15) is 75.0 Å². The largest absolute Gasteiger partial charge is 0.494 e. The molecule has 4 rings (SSSR count). The zero-order valence-corrected chi connectivity index (χ0v) is 16.5. The molecule has 2 fully saturated rings. The van der Waals surface area contributed by atoms with Gasteiger partial charge in [-0.25, -0.2) is 0 Å². The van der Waals surface area contributed by atoms with E-state index in [1.54, 1.807) is 0 Å². The van der Waals surface area contributed by atoms with Gasteiger partial charge in [0.15, 0.2) is 0 Å². The monoisotopic (exact) mass is 356 g/mol. The average Bonchev–Trinajstić information content (AvgIpc) is 3.08. The van der Waals surface area contributed by atoms with Gasteiger partial charge in [0, 0.05) is 12.1 Å². The second-order valence-electron chi connectivity index (χ2n) is 8.77. The number of ether oxygens (including phenoxy) is 1. The molecule has 3 heteroatoms. The Balaban J connectivity index is 1.36. The average molecular weight is 357 g/mol. The normalized spacial score (nSPS) is 27.4. The van der Waals surface area contributed by atoms with Crippen LogP contribution in [0.25, 0.3) is 0 Å². The molecule has 0 radical (unpaired) electrons. The highest BCUT2D eigenvalue weighted by Gasteiger charge is 2.25. The number of hydrogen-bond acceptors (Lipinski definition) is 3. The van der Waals surface area contributed by atoms with Crippen LogP contribution in [-0.2, 0) is 6.42 Å².